The summed E-state index contributed by atoms with van der Waals surface area (Å²) in [5.41, 5.74) is 0.929. The third-order valence-electron chi connectivity index (χ3n) is 3.35. The summed E-state index contributed by atoms with van der Waals surface area (Å²) in [6, 6.07) is 0. The minimum atomic E-state index is -4.29. The lowest BCUT2D eigenvalue weighted by Crippen LogP contribution is -2.38. The van der Waals surface area contributed by atoms with E-state index in [1.165, 1.54) is 6.08 Å². The van der Waals surface area contributed by atoms with Gasteiger partial charge in [0.2, 0.25) is 5.91 Å². The first-order valence-corrected chi connectivity index (χ1v) is 6.31. The minimum absolute atomic E-state index is 0.192. The number of carbonyl (C=O) groups is 1. The molecule has 2 aliphatic rings. The predicted molar refractivity (Wildman–Crippen MR) is 70.1 cm³/mol. The molecule has 2 unspecified atom stereocenters. The van der Waals surface area contributed by atoms with Gasteiger partial charge in [0.15, 0.2) is 0 Å². The molecule has 0 aromatic heterocycles. The highest BCUT2D eigenvalue weighted by Gasteiger charge is 2.38. The number of hydrogen-bond acceptors (Lipinski definition) is 2. The number of carbonyl (C=O) groups excluding carboxylic acids is 1. The lowest BCUT2D eigenvalue weighted by molar-refractivity contribution is -0.158. The topological polar surface area (TPSA) is 41.5 Å². The van der Waals surface area contributed by atoms with Crippen LogP contribution in [0.4, 0.5) is 13.2 Å². The van der Waals surface area contributed by atoms with Crippen molar-refractivity contribution >= 4 is 11.7 Å². The molecule has 20 heavy (non-hydrogen) atoms. The van der Waals surface area contributed by atoms with E-state index in [2.05, 4.69) is 10.3 Å². The number of aliphatic imine (C=N–C) groups is 1. The number of allylic oxidation sites excluding steroid dienone is 3. The molecule has 0 fully saturated rings. The Balaban J connectivity index is 1.94. The smallest absolute Gasteiger partial charge is 0.310 e. The van der Waals surface area contributed by atoms with Crippen LogP contribution < -0.4 is 5.32 Å². The van der Waals surface area contributed by atoms with E-state index in [0.29, 0.717) is 6.42 Å². The molecule has 1 N–H and O–H groups in total. The first-order valence-electron chi connectivity index (χ1n) is 6.31. The maximum Gasteiger partial charge on any atom is 0.396 e. The van der Waals surface area contributed by atoms with Gasteiger partial charge in [-0.3, -0.25) is 9.79 Å². The van der Waals surface area contributed by atoms with Gasteiger partial charge in [-0.2, -0.15) is 13.2 Å². The highest BCUT2D eigenvalue weighted by molar-refractivity contribution is 6.05. The zero-order chi connectivity index (χ0) is 14.8. The molecular weight excluding hydrogens is 269 g/mol. The van der Waals surface area contributed by atoms with Crippen LogP contribution in [-0.4, -0.2) is 24.5 Å². The summed E-state index contributed by atoms with van der Waals surface area (Å²) >= 11 is 0. The molecule has 0 saturated carbocycles. The van der Waals surface area contributed by atoms with E-state index >= 15 is 0 Å². The van der Waals surface area contributed by atoms with Crippen LogP contribution in [0.3, 0.4) is 0 Å². The largest absolute Gasteiger partial charge is 0.396 e. The number of alkyl halides is 3. The van der Waals surface area contributed by atoms with Gasteiger partial charge in [0.25, 0.3) is 0 Å². The second kappa shape index (κ2) is 5.64. The Kier molecular flexibility index (Phi) is 4.11. The zero-order valence-corrected chi connectivity index (χ0v) is 10.9. The average molecular weight is 284 g/mol. The van der Waals surface area contributed by atoms with E-state index in [9.17, 15) is 18.0 Å². The fourth-order valence-corrected chi connectivity index (χ4v) is 2.08. The van der Waals surface area contributed by atoms with Gasteiger partial charge in [0.05, 0.1) is 18.4 Å². The number of amidine groups is 1. The van der Waals surface area contributed by atoms with Crippen molar-refractivity contribution in [1.29, 1.82) is 0 Å². The highest BCUT2D eigenvalue weighted by Crippen LogP contribution is 2.29. The van der Waals surface area contributed by atoms with E-state index < -0.39 is 12.1 Å². The zero-order valence-electron chi connectivity index (χ0n) is 10.9. The molecule has 3 nitrogen and oxygen atoms in total. The van der Waals surface area contributed by atoms with Gasteiger partial charge < -0.3 is 5.32 Å². The molecule has 0 bridgehead atoms. The molecule has 2 rings (SSSR count). The van der Waals surface area contributed by atoms with Gasteiger partial charge in [-0.25, -0.2) is 0 Å². The minimum Gasteiger partial charge on any atom is -0.310 e. The van der Waals surface area contributed by atoms with Crippen molar-refractivity contribution in [3.63, 3.8) is 0 Å². The molecule has 1 heterocycles. The van der Waals surface area contributed by atoms with E-state index in [0.717, 1.165) is 11.6 Å². The number of dihydropyridines is 1. The summed E-state index contributed by atoms with van der Waals surface area (Å²) in [6.45, 7) is 1.47. The second-order valence-electron chi connectivity index (χ2n) is 4.85. The lowest BCUT2D eigenvalue weighted by Gasteiger charge is -2.21. The Morgan fingerprint density at radius 1 is 1.45 bits per heavy atom. The SMILES string of the molecule is CC1=CC=CCC1C(=O)NC1=NCC(C(F)(F)F)C=C1. The molecule has 0 spiro atoms. The number of hydrogen-bond donors (Lipinski definition) is 1. The van der Waals surface area contributed by atoms with Crippen molar-refractivity contribution in [2.75, 3.05) is 6.54 Å². The van der Waals surface area contributed by atoms with Crippen LogP contribution in [0, 0.1) is 11.8 Å². The fraction of sp³-hybridized carbons (Fsp3) is 0.429. The Morgan fingerprint density at radius 2 is 2.20 bits per heavy atom. The fourth-order valence-electron chi connectivity index (χ4n) is 2.08. The monoisotopic (exact) mass is 284 g/mol. The van der Waals surface area contributed by atoms with Crippen molar-refractivity contribution in [3.8, 4) is 0 Å². The molecule has 0 saturated heterocycles. The van der Waals surface area contributed by atoms with E-state index in [1.54, 1.807) is 0 Å². The highest BCUT2D eigenvalue weighted by atomic mass is 19.4. The quantitative estimate of drug-likeness (QED) is 0.790. The third-order valence-corrected chi connectivity index (χ3v) is 3.35. The summed E-state index contributed by atoms with van der Waals surface area (Å²) in [6.07, 6.45) is 4.18. The van der Waals surface area contributed by atoms with E-state index in [4.69, 9.17) is 0 Å². The van der Waals surface area contributed by atoms with Gasteiger partial charge in [-0.1, -0.05) is 29.9 Å². The van der Waals surface area contributed by atoms with Gasteiger partial charge >= 0.3 is 6.18 Å². The molecule has 108 valence electrons. The number of halogens is 3. The normalized spacial score (nSPS) is 26.0. The molecule has 1 amide bonds. The maximum atomic E-state index is 12.5. The summed E-state index contributed by atoms with van der Waals surface area (Å²) in [7, 11) is 0. The summed E-state index contributed by atoms with van der Waals surface area (Å²) in [5, 5.41) is 2.57. The van der Waals surface area contributed by atoms with Gasteiger partial charge in [-0.15, -0.1) is 0 Å². The van der Waals surface area contributed by atoms with Crippen LogP contribution in [0.15, 0.2) is 40.9 Å². The van der Waals surface area contributed by atoms with Crippen LogP contribution in [0.25, 0.3) is 0 Å². The van der Waals surface area contributed by atoms with Crippen LogP contribution in [-0.2, 0) is 4.79 Å². The number of amides is 1. The van der Waals surface area contributed by atoms with Gasteiger partial charge in [0.1, 0.15) is 5.84 Å². The molecule has 0 radical (unpaired) electrons. The molecule has 1 aliphatic carbocycles. The van der Waals surface area contributed by atoms with Crippen molar-refractivity contribution in [2.24, 2.45) is 16.8 Å². The predicted octanol–water partition coefficient (Wildman–Crippen LogP) is 2.77. The standard InChI is InChI=1S/C14H15F3N2O/c1-9-4-2-3-5-11(9)13(20)19-12-7-6-10(8-18-12)14(15,16)17/h2-4,6-7,10-11H,5,8H2,1H3,(H,18,19,20). The Bertz CT molecular complexity index is 515. The van der Waals surface area contributed by atoms with Crippen molar-refractivity contribution in [3.05, 3.63) is 36.0 Å². The Morgan fingerprint density at radius 3 is 2.75 bits per heavy atom. The molecule has 0 aromatic carbocycles. The lowest BCUT2D eigenvalue weighted by atomic mass is 9.92. The summed E-state index contributed by atoms with van der Waals surface area (Å²) in [5.74, 6) is -1.89. The summed E-state index contributed by atoms with van der Waals surface area (Å²) < 4.78 is 37.4. The first-order chi connectivity index (χ1) is 9.38. The van der Waals surface area contributed by atoms with Crippen LogP contribution in [0.5, 0.6) is 0 Å². The maximum absolute atomic E-state index is 12.5. The van der Waals surface area contributed by atoms with Crippen LogP contribution in [0.2, 0.25) is 0 Å². The van der Waals surface area contributed by atoms with Crippen molar-refractivity contribution in [1.82, 2.24) is 5.32 Å². The molecular formula is C14H15F3N2O. The van der Waals surface area contributed by atoms with Gasteiger partial charge in [-0.05, 0) is 19.4 Å². The average Bonchev–Trinajstić information content (AvgIpc) is 2.38. The van der Waals surface area contributed by atoms with Crippen LogP contribution >= 0.6 is 0 Å². The van der Waals surface area contributed by atoms with Crippen molar-refractivity contribution in [2.45, 2.75) is 19.5 Å². The molecule has 1 aliphatic heterocycles. The number of nitrogens with zero attached hydrogens (tertiary/aromatic N) is 1. The molecule has 2 atom stereocenters. The number of nitrogens with one attached hydrogen (secondary N) is 1. The first kappa shape index (κ1) is 14.6. The van der Waals surface area contributed by atoms with E-state index in [-0.39, 0.29) is 24.2 Å². The van der Waals surface area contributed by atoms with E-state index in [1.807, 2.05) is 25.2 Å². The number of rotatable bonds is 1. The Hall–Kier alpha value is -1.85. The van der Waals surface area contributed by atoms with Crippen LogP contribution in [0.1, 0.15) is 13.3 Å². The summed E-state index contributed by atoms with van der Waals surface area (Å²) in [4.78, 5) is 15.8. The Labute approximate surface area is 115 Å². The molecule has 0 aromatic rings. The van der Waals surface area contributed by atoms with Crippen molar-refractivity contribution < 1.29 is 18.0 Å². The second-order valence-corrected chi connectivity index (χ2v) is 4.85. The third kappa shape index (κ3) is 3.37. The van der Waals surface area contributed by atoms with Gasteiger partial charge in [0, 0.05) is 0 Å². The molecule has 6 heteroatoms.